The second-order valence-electron chi connectivity index (χ2n) is 13.4. The van der Waals surface area contributed by atoms with E-state index in [0.29, 0.717) is 5.82 Å². The van der Waals surface area contributed by atoms with E-state index in [4.69, 9.17) is 21.5 Å². The van der Waals surface area contributed by atoms with Gasteiger partial charge in [-0.15, -0.1) is 0 Å². The van der Waals surface area contributed by atoms with Gasteiger partial charge in [0.25, 0.3) is 0 Å². The summed E-state index contributed by atoms with van der Waals surface area (Å²) in [6.45, 7) is 13.5. The molecule has 6 aromatic carbocycles. The summed E-state index contributed by atoms with van der Waals surface area (Å²) in [5.74, 6) is 0.650. The molecule has 8 rings (SSSR count). The predicted molar refractivity (Wildman–Crippen MR) is 223 cm³/mol. The Hall–Kier alpha value is -6.71. The first-order valence-electron chi connectivity index (χ1n) is 18.1. The summed E-state index contributed by atoms with van der Waals surface area (Å²) in [5, 5.41) is 4.43. The number of benzene rings is 6. The van der Waals surface area contributed by atoms with Crippen LogP contribution < -0.4 is 10.4 Å². The number of nitrogens with zero attached hydrogens (tertiary/aromatic N) is 3. The van der Waals surface area contributed by atoms with Crippen LogP contribution in [0.5, 0.6) is 0 Å². The van der Waals surface area contributed by atoms with Gasteiger partial charge in [-0.05, 0) is 98.8 Å². The first-order valence-corrected chi connectivity index (χ1v) is 18.1. The molecular formula is C50H39N3. The molecule has 0 aliphatic heterocycles. The molecule has 0 spiro atoms. The van der Waals surface area contributed by atoms with Crippen LogP contribution in [-0.4, -0.2) is 15.0 Å². The monoisotopic (exact) mass is 681 g/mol. The molecule has 0 saturated carbocycles. The van der Waals surface area contributed by atoms with E-state index >= 15 is 0 Å². The summed E-state index contributed by atoms with van der Waals surface area (Å²) in [6, 6.07) is 54.8. The fourth-order valence-corrected chi connectivity index (χ4v) is 7.01. The quantitative estimate of drug-likeness (QED) is 0.160. The van der Waals surface area contributed by atoms with E-state index in [1.165, 1.54) is 0 Å². The van der Waals surface area contributed by atoms with E-state index in [-0.39, 0.29) is 0 Å². The fourth-order valence-electron chi connectivity index (χ4n) is 7.01. The third-order valence-electron chi connectivity index (χ3n) is 9.75. The van der Waals surface area contributed by atoms with Crippen LogP contribution in [0.1, 0.15) is 30.2 Å². The molecule has 0 radical (unpaired) electrons. The molecule has 0 aliphatic rings. The minimum atomic E-state index is 0.650. The third-order valence-corrected chi connectivity index (χ3v) is 9.75. The Labute approximate surface area is 311 Å². The Morgan fingerprint density at radius 1 is 0.547 bits per heavy atom. The third kappa shape index (κ3) is 6.85. The average Bonchev–Trinajstić information content (AvgIpc) is 3.22. The van der Waals surface area contributed by atoms with E-state index in [1.807, 2.05) is 55.5 Å². The Morgan fingerprint density at radius 2 is 1.17 bits per heavy atom. The molecule has 0 N–H and O–H groups in total. The van der Waals surface area contributed by atoms with E-state index in [0.717, 1.165) is 100 Å². The topological polar surface area (TPSA) is 38.7 Å². The molecule has 8 aromatic rings. The molecule has 2 heterocycles. The highest BCUT2D eigenvalue weighted by atomic mass is 14.9. The molecule has 0 fully saturated rings. The van der Waals surface area contributed by atoms with Gasteiger partial charge in [-0.3, -0.25) is 4.98 Å². The molecular weight excluding hydrogens is 643 g/mol. The van der Waals surface area contributed by atoms with E-state index in [9.17, 15) is 0 Å². The zero-order chi connectivity index (χ0) is 36.3. The molecule has 53 heavy (non-hydrogen) atoms. The van der Waals surface area contributed by atoms with Crippen molar-refractivity contribution < 1.29 is 0 Å². The second kappa shape index (κ2) is 14.5. The van der Waals surface area contributed by atoms with Crippen LogP contribution >= 0.6 is 0 Å². The van der Waals surface area contributed by atoms with Crippen molar-refractivity contribution in [2.24, 2.45) is 0 Å². The fraction of sp³-hybridized carbons (Fsp3) is 0.0600. The predicted octanol–water partition coefficient (Wildman–Crippen LogP) is 11.3. The lowest BCUT2D eigenvalue weighted by Gasteiger charge is -2.16. The van der Waals surface area contributed by atoms with Crippen LogP contribution in [0.3, 0.4) is 0 Å². The standard InChI is InChI=1S/C50H39N3/c1-5-14-36-23-28-41-20-13-21-45(49(41)35(36)4)34(3)42-29-43(37-24-26-40(27-25-37)46-22-12-15-33(2)51-46)31-44(30-42)50-52-47(38-16-8-6-9-17-38)32-48(53-50)39-18-10-7-11-19-39/h6-32H,3-5H2,1-2H3/b36-14-. The smallest absolute Gasteiger partial charge is 0.160 e. The zero-order valence-electron chi connectivity index (χ0n) is 30.1. The van der Waals surface area contributed by atoms with Gasteiger partial charge in [0, 0.05) is 27.9 Å². The Bertz CT molecular complexity index is 2670. The van der Waals surface area contributed by atoms with Crippen molar-refractivity contribution in [3.05, 3.63) is 192 Å². The van der Waals surface area contributed by atoms with Gasteiger partial charge < -0.3 is 0 Å². The molecule has 0 bridgehead atoms. The maximum absolute atomic E-state index is 5.20. The second-order valence-corrected chi connectivity index (χ2v) is 13.4. The minimum absolute atomic E-state index is 0.650. The van der Waals surface area contributed by atoms with Crippen LogP contribution in [0.4, 0.5) is 0 Å². The molecule has 0 saturated heterocycles. The van der Waals surface area contributed by atoms with Crippen molar-refractivity contribution in [1.29, 1.82) is 0 Å². The Morgan fingerprint density at radius 3 is 1.83 bits per heavy atom. The van der Waals surface area contributed by atoms with E-state index < -0.39 is 0 Å². The number of fused-ring (bicyclic) bond motifs is 1. The average molecular weight is 682 g/mol. The van der Waals surface area contributed by atoms with Crippen LogP contribution in [0.25, 0.3) is 85.3 Å². The summed E-state index contributed by atoms with van der Waals surface area (Å²) in [4.78, 5) is 15.2. The Balaban J connectivity index is 1.33. The summed E-state index contributed by atoms with van der Waals surface area (Å²) in [7, 11) is 0. The minimum Gasteiger partial charge on any atom is -0.253 e. The largest absolute Gasteiger partial charge is 0.253 e. The van der Waals surface area contributed by atoms with E-state index in [1.54, 1.807) is 0 Å². The summed E-state index contributed by atoms with van der Waals surface area (Å²) >= 11 is 0. The number of pyridine rings is 1. The highest BCUT2D eigenvalue weighted by molar-refractivity contribution is 5.98. The maximum Gasteiger partial charge on any atom is 0.160 e. The normalized spacial score (nSPS) is 11.5. The molecule has 3 heteroatoms. The molecule has 0 atom stereocenters. The lowest BCUT2D eigenvalue weighted by Crippen LogP contribution is -2.24. The molecule has 0 aliphatic carbocycles. The first kappa shape index (κ1) is 33.4. The van der Waals surface area contributed by atoms with Crippen molar-refractivity contribution in [2.45, 2.75) is 20.3 Å². The highest BCUT2D eigenvalue weighted by Crippen LogP contribution is 2.36. The Kier molecular flexibility index (Phi) is 9.14. The lowest BCUT2D eigenvalue weighted by molar-refractivity contribution is 1.18. The lowest BCUT2D eigenvalue weighted by atomic mass is 9.89. The highest BCUT2D eigenvalue weighted by Gasteiger charge is 2.16. The molecule has 0 unspecified atom stereocenters. The van der Waals surface area contributed by atoms with Gasteiger partial charge in [-0.2, -0.15) is 0 Å². The number of rotatable bonds is 8. The van der Waals surface area contributed by atoms with Gasteiger partial charge >= 0.3 is 0 Å². The number of aromatic nitrogens is 3. The number of aryl methyl sites for hydroxylation is 1. The van der Waals surface area contributed by atoms with Crippen LogP contribution in [0.2, 0.25) is 0 Å². The van der Waals surface area contributed by atoms with Gasteiger partial charge in [-0.25, -0.2) is 9.97 Å². The SMILES string of the molecule is C=C(c1cc(-c2ccc(-c3cccc(C)n3)cc2)cc(-c2nc(-c3ccccc3)cc(-c3ccccc3)n2)c1)c1cccc2cc/c(=C/CC)c(=C)c12. The summed E-state index contributed by atoms with van der Waals surface area (Å²) < 4.78 is 0. The number of hydrogen-bond donors (Lipinski definition) is 0. The van der Waals surface area contributed by atoms with Gasteiger partial charge in [0.2, 0.25) is 0 Å². The van der Waals surface area contributed by atoms with Gasteiger partial charge in [0.1, 0.15) is 0 Å². The van der Waals surface area contributed by atoms with Crippen molar-refractivity contribution in [1.82, 2.24) is 15.0 Å². The van der Waals surface area contributed by atoms with Crippen LogP contribution in [0.15, 0.2) is 164 Å². The molecule has 254 valence electrons. The summed E-state index contributed by atoms with van der Waals surface area (Å²) in [6.07, 6.45) is 3.17. The van der Waals surface area contributed by atoms with Gasteiger partial charge in [0.05, 0.1) is 17.1 Å². The first-order chi connectivity index (χ1) is 25.9. The maximum atomic E-state index is 5.20. The van der Waals surface area contributed by atoms with Crippen LogP contribution in [-0.2, 0) is 0 Å². The summed E-state index contributed by atoms with van der Waals surface area (Å²) in [5.41, 5.74) is 12.8. The van der Waals surface area contributed by atoms with Crippen molar-refractivity contribution >= 4 is 29.0 Å². The van der Waals surface area contributed by atoms with Gasteiger partial charge in [0.15, 0.2) is 5.82 Å². The molecule has 3 nitrogen and oxygen atoms in total. The van der Waals surface area contributed by atoms with Crippen molar-refractivity contribution in [2.75, 3.05) is 0 Å². The molecule has 2 aromatic heterocycles. The van der Waals surface area contributed by atoms with Crippen molar-refractivity contribution in [3.63, 3.8) is 0 Å². The van der Waals surface area contributed by atoms with Crippen LogP contribution in [0, 0.1) is 6.92 Å². The molecule has 0 amide bonds. The zero-order valence-corrected chi connectivity index (χ0v) is 30.1. The number of hydrogen-bond acceptors (Lipinski definition) is 3. The van der Waals surface area contributed by atoms with Gasteiger partial charge in [-0.1, -0.05) is 147 Å². The van der Waals surface area contributed by atoms with E-state index in [2.05, 4.69) is 129 Å². The van der Waals surface area contributed by atoms with Crippen molar-refractivity contribution in [3.8, 4) is 56.3 Å².